The Balaban J connectivity index is 1.52. The van der Waals surface area contributed by atoms with Gasteiger partial charge in [0.2, 0.25) is 5.88 Å². The van der Waals surface area contributed by atoms with E-state index in [4.69, 9.17) is 16.3 Å². The molecule has 1 aromatic carbocycles. The number of pyridine rings is 1. The van der Waals surface area contributed by atoms with Gasteiger partial charge in [-0.05, 0) is 70.1 Å². The number of aromatic nitrogens is 4. The molecule has 1 saturated carbocycles. The van der Waals surface area contributed by atoms with Gasteiger partial charge in [-0.3, -0.25) is 4.57 Å². The van der Waals surface area contributed by atoms with Crippen LogP contribution in [0.3, 0.4) is 0 Å². The highest BCUT2D eigenvalue weighted by molar-refractivity contribution is 6.30. The predicted molar refractivity (Wildman–Crippen MR) is 114 cm³/mol. The summed E-state index contributed by atoms with van der Waals surface area (Å²) in [5.74, 6) is 3.03. The van der Waals surface area contributed by atoms with Gasteiger partial charge >= 0.3 is 0 Å². The largest absolute Gasteiger partial charge is 0.474 e. The maximum Gasteiger partial charge on any atom is 0.213 e. The van der Waals surface area contributed by atoms with E-state index >= 15 is 0 Å². The summed E-state index contributed by atoms with van der Waals surface area (Å²) < 4.78 is 8.25. The van der Waals surface area contributed by atoms with E-state index in [0.29, 0.717) is 11.8 Å². The van der Waals surface area contributed by atoms with Crippen LogP contribution in [-0.2, 0) is 6.54 Å². The minimum Gasteiger partial charge on any atom is -0.474 e. The molecule has 1 aliphatic carbocycles. The Morgan fingerprint density at radius 2 is 1.79 bits per heavy atom. The summed E-state index contributed by atoms with van der Waals surface area (Å²) >= 11 is 6.10. The van der Waals surface area contributed by atoms with Gasteiger partial charge in [-0.2, -0.15) is 0 Å². The zero-order valence-corrected chi connectivity index (χ0v) is 17.6. The summed E-state index contributed by atoms with van der Waals surface area (Å²) in [6.45, 7) is 0.730. The molecule has 2 aromatic heterocycles. The first-order valence-electron chi connectivity index (χ1n) is 10.0. The first-order chi connectivity index (χ1) is 14.1. The van der Waals surface area contributed by atoms with Crippen molar-refractivity contribution in [3.63, 3.8) is 0 Å². The van der Waals surface area contributed by atoms with Gasteiger partial charge in [0.15, 0.2) is 5.82 Å². The van der Waals surface area contributed by atoms with Gasteiger partial charge in [0, 0.05) is 28.9 Å². The molecule has 7 heteroatoms. The van der Waals surface area contributed by atoms with Crippen molar-refractivity contribution in [2.75, 3.05) is 14.1 Å². The summed E-state index contributed by atoms with van der Waals surface area (Å²) in [5.41, 5.74) is 1.05. The molecule has 1 fully saturated rings. The Hall–Kier alpha value is -2.44. The van der Waals surface area contributed by atoms with Crippen molar-refractivity contribution in [2.24, 2.45) is 0 Å². The lowest BCUT2D eigenvalue weighted by Gasteiger charge is -2.28. The Kier molecular flexibility index (Phi) is 6.11. The Morgan fingerprint density at radius 3 is 2.45 bits per heavy atom. The second-order valence-corrected chi connectivity index (χ2v) is 8.22. The van der Waals surface area contributed by atoms with Crippen LogP contribution in [0.1, 0.15) is 43.3 Å². The molecule has 0 unspecified atom stereocenters. The van der Waals surface area contributed by atoms with Gasteiger partial charge in [-0.15, -0.1) is 10.2 Å². The van der Waals surface area contributed by atoms with Crippen molar-refractivity contribution in [1.82, 2.24) is 24.6 Å². The highest BCUT2D eigenvalue weighted by atomic mass is 35.5. The van der Waals surface area contributed by atoms with E-state index in [-0.39, 0.29) is 6.10 Å². The predicted octanol–water partition coefficient (Wildman–Crippen LogP) is 4.48. The molecule has 152 valence electrons. The average Bonchev–Trinajstić information content (AvgIpc) is 3.13. The quantitative estimate of drug-likeness (QED) is 0.598. The third kappa shape index (κ3) is 4.77. The number of nitrogens with zero attached hydrogens (tertiary/aromatic N) is 5. The van der Waals surface area contributed by atoms with Crippen molar-refractivity contribution in [3.05, 3.63) is 65.3 Å². The summed E-state index contributed by atoms with van der Waals surface area (Å²) in [4.78, 5) is 6.39. The summed E-state index contributed by atoms with van der Waals surface area (Å²) in [6, 6.07) is 13.7. The van der Waals surface area contributed by atoms with Crippen molar-refractivity contribution in [3.8, 4) is 11.6 Å². The summed E-state index contributed by atoms with van der Waals surface area (Å²) in [6.07, 6.45) is 5.97. The van der Waals surface area contributed by atoms with E-state index in [9.17, 15) is 0 Å². The number of benzene rings is 1. The topological polar surface area (TPSA) is 56.1 Å². The summed E-state index contributed by atoms with van der Waals surface area (Å²) in [7, 11) is 4.08. The second kappa shape index (κ2) is 8.93. The van der Waals surface area contributed by atoms with Crippen LogP contribution in [0, 0.1) is 0 Å². The van der Waals surface area contributed by atoms with E-state index in [2.05, 4.69) is 24.6 Å². The third-order valence-electron chi connectivity index (χ3n) is 5.26. The molecule has 0 atom stereocenters. The van der Waals surface area contributed by atoms with Crippen molar-refractivity contribution in [1.29, 1.82) is 0 Å². The molecule has 0 saturated heterocycles. The average molecular weight is 412 g/mol. The van der Waals surface area contributed by atoms with E-state index in [0.717, 1.165) is 54.6 Å². The lowest BCUT2D eigenvalue weighted by molar-refractivity contribution is 0.139. The van der Waals surface area contributed by atoms with E-state index in [1.165, 1.54) is 0 Å². The van der Waals surface area contributed by atoms with Gasteiger partial charge in [-0.25, -0.2) is 4.98 Å². The van der Waals surface area contributed by atoms with Crippen LogP contribution in [0.15, 0.2) is 48.7 Å². The Bertz CT molecular complexity index is 918. The van der Waals surface area contributed by atoms with Crippen LogP contribution >= 0.6 is 11.6 Å². The number of halogens is 1. The van der Waals surface area contributed by atoms with Crippen LogP contribution in [0.4, 0.5) is 0 Å². The molecule has 0 aliphatic heterocycles. The number of hydrogen-bond acceptors (Lipinski definition) is 5. The normalized spacial score (nSPS) is 19.4. The van der Waals surface area contributed by atoms with Crippen molar-refractivity contribution < 1.29 is 4.74 Å². The molecule has 2 heterocycles. The minimum atomic E-state index is 0.203. The standard InChI is InChI=1S/C22H26ClN5O/c1-27(2)15-20-25-26-22(28(20)18-10-8-17(23)9-11-18)16-6-12-19(13-7-16)29-21-5-3-4-14-24-21/h3-5,8-11,14,16,19H,6-7,12-13,15H2,1-2H3/t16-,19-. The molecule has 0 spiro atoms. The van der Waals surface area contributed by atoms with Gasteiger partial charge in [0.1, 0.15) is 11.9 Å². The first kappa shape index (κ1) is 19.9. The molecule has 6 nitrogen and oxygen atoms in total. The van der Waals surface area contributed by atoms with Crippen molar-refractivity contribution in [2.45, 2.75) is 44.2 Å². The molecule has 0 radical (unpaired) electrons. The fourth-order valence-corrected chi connectivity index (χ4v) is 4.00. The highest BCUT2D eigenvalue weighted by Gasteiger charge is 2.29. The molecule has 0 N–H and O–H groups in total. The van der Waals surface area contributed by atoms with Crippen LogP contribution in [0.25, 0.3) is 5.69 Å². The zero-order valence-electron chi connectivity index (χ0n) is 16.8. The highest BCUT2D eigenvalue weighted by Crippen LogP contribution is 2.35. The molecule has 1 aliphatic rings. The van der Waals surface area contributed by atoms with Gasteiger partial charge in [0.05, 0.1) is 6.54 Å². The maximum atomic E-state index is 6.10. The van der Waals surface area contributed by atoms with Gasteiger partial charge in [0.25, 0.3) is 0 Å². The van der Waals surface area contributed by atoms with Gasteiger partial charge in [-0.1, -0.05) is 17.7 Å². The molecule has 0 amide bonds. The Morgan fingerprint density at radius 1 is 1.03 bits per heavy atom. The number of rotatable bonds is 6. The second-order valence-electron chi connectivity index (χ2n) is 7.78. The molecule has 29 heavy (non-hydrogen) atoms. The van der Waals surface area contributed by atoms with E-state index in [1.807, 2.05) is 56.6 Å². The molecular formula is C22H26ClN5O. The summed E-state index contributed by atoms with van der Waals surface area (Å²) in [5, 5.41) is 9.84. The number of hydrogen-bond donors (Lipinski definition) is 0. The van der Waals surface area contributed by atoms with E-state index < -0.39 is 0 Å². The van der Waals surface area contributed by atoms with Crippen LogP contribution in [-0.4, -0.2) is 44.8 Å². The molecule has 0 bridgehead atoms. The smallest absolute Gasteiger partial charge is 0.213 e. The molecule has 3 aromatic rings. The minimum absolute atomic E-state index is 0.203. The van der Waals surface area contributed by atoms with E-state index in [1.54, 1.807) is 6.20 Å². The number of ether oxygens (including phenoxy) is 1. The van der Waals surface area contributed by atoms with Crippen LogP contribution < -0.4 is 4.74 Å². The zero-order chi connectivity index (χ0) is 20.2. The maximum absolute atomic E-state index is 6.10. The SMILES string of the molecule is CN(C)Cc1nnc([C@H]2CC[C@H](Oc3ccccn3)CC2)n1-c1ccc(Cl)cc1. The molecule has 4 rings (SSSR count). The Labute approximate surface area is 176 Å². The molecular weight excluding hydrogens is 386 g/mol. The lowest BCUT2D eigenvalue weighted by Crippen LogP contribution is -2.25. The van der Waals surface area contributed by atoms with Crippen LogP contribution in [0.5, 0.6) is 5.88 Å². The fourth-order valence-electron chi connectivity index (χ4n) is 3.88. The van der Waals surface area contributed by atoms with Crippen molar-refractivity contribution >= 4 is 11.6 Å². The monoisotopic (exact) mass is 411 g/mol. The lowest BCUT2D eigenvalue weighted by atomic mass is 9.86. The van der Waals surface area contributed by atoms with Gasteiger partial charge < -0.3 is 9.64 Å². The van der Waals surface area contributed by atoms with Crippen LogP contribution in [0.2, 0.25) is 5.02 Å². The first-order valence-corrected chi connectivity index (χ1v) is 10.4. The third-order valence-corrected chi connectivity index (χ3v) is 5.51. The fraction of sp³-hybridized carbons (Fsp3) is 0.409.